The van der Waals surface area contributed by atoms with Crippen LogP contribution in [0.2, 0.25) is 0 Å². The summed E-state index contributed by atoms with van der Waals surface area (Å²) in [5.41, 5.74) is 4.18. The molecule has 1 aliphatic heterocycles. The average Bonchev–Trinajstić information content (AvgIpc) is 2.53. The van der Waals surface area contributed by atoms with Crippen LogP contribution in [0.1, 0.15) is 29.0 Å². The summed E-state index contributed by atoms with van der Waals surface area (Å²) in [6.07, 6.45) is 1.18. The van der Waals surface area contributed by atoms with Crippen LogP contribution in [0.15, 0.2) is 18.2 Å². The predicted octanol–water partition coefficient (Wildman–Crippen LogP) is 2.81. The lowest BCUT2D eigenvalue weighted by molar-refractivity contribution is 0.194. The Kier molecular flexibility index (Phi) is 2.36. The van der Waals surface area contributed by atoms with E-state index in [2.05, 4.69) is 32.0 Å². The molecule has 0 spiro atoms. The molecule has 1 saturated heterocycles. The van der Waals surface area contributed by atoms with Crippen LogP contribution in [0.5, 0.6) is 0 Å². The molecule has 0 aliphatic carbocycles. The lowest BCUT2D eigenvalue weighted by Crippen LogP contribution is -1.98. The molecule has 1 nitrogen and oxygen atoms in total. The topological polar surface area (TPSA) is 9.23 Å². The average molecular weight is 176 g/mol. The first-order valence-electron chi connectivity index (χ1n) is 4.91. The van der Waals surface area contributed by atoms with Crippen LogP contribution >= 0.6 is 0 Å². The molecule has 1 aromatic rings. The fourth-order valence-corrected chi connectivity index (χ4v) is 2.04. The first-order chi connectivity index (χ1) is 6.25. The molecule has 1 unspecified atom stereocenters. The van der Waals surface area contributed by atoms with Gasteiger partial charge in [0.25, 0.3) is 0 Å². The van der Waals surface area contributed by atoms with Crippen LogP contribution in [-0.2, 0) is 4.74 Å². The lowest BCUT2D eigenvalue weighted by Gasteiger charge is -2.09. The minimum atomic E-state index is 0.638. The molecule has 0 N–H and O–H groups in total. The van der Waals surface area contributed by atoms with E-state index < -0.39 is 0 Å². The van der Waals surface area contributed by atoms with Gasteiger partial charge in [-0.3, -0.25) is 0 Å². The van der Waals surface area contributed by atoms with Crippen molar-refractivity contribution in [2.45, 2.75) is 26.2 Å². The van der Waals surface area contributed by atoms with Crippen molar-refractivity contribution in [2.24, 2.45) is 0 Å². The highest BCUT2D eigenvalue weighted by Crippen LogP contribution is 2.26. The molecule has 1 atom stereocenters. The van der Waals surface area contributed by atoms with Crippen molar-refractivity contribution in [1.82, 2.24) is 0 Å². The van der Waals surface area contributed by atoms with Crippen LogP contribution in [0.4, 0.5) is 0 Å². The highest BCUT2D eigenvalue weighted by Gasteiger charge is 2.17. The van der Waals surface area contributed by atoms with E-state index in [0.717, 1.165) is 13.2 Å². The van der Waals surface area contributed by atoms with E-state index in [0.29, 0.717) is 5.92 Å². The fourth-order valence-electron chi connectivity index (χ4n) is 2.04. The molecule has 1 heterocycles. The molecule has 0 aromatic heterocycles. The van der Waals surface area contributed by atoms with E-state index in [1.165, 1.54) is 23.1 Å². The summed E-state index contributed by atoms with van der Waals surface area (Å²) in [4.78, 5) is 0. The van der Waals surface area contributed by atoms with Gasteiger partial charge in [0.05, 0.1) is 6.61 Å². The summed E-state index contributed by atoms with van der Waals surface area (Å²) >= 11 is 0. The highest BCUT2D eigenvalue weighted by atomic mass is 16.5. The van der Waals surface area contributed by atoms with E-state index in [9.17, 15) is 0 Å². The second-order valence-corrected chi connectivity index (χ2v) is 3.98. The summed E-state index contributed by atoms with van der Waals surface area (Å²) in [7, 11) is 0. The van der Waals surface area contributed by atoms with Crippen molar-refractivity contribution in [3.8, 4) is 0 Å². The van der Waals surface area contributed by atoms with Crippen LogP contribution < -0.4 is 0 Å². The van der Waals surface area contributed by atoms with Crippen molar-refractivity contribution in [3.05, 3.63) is 34.9 Å². The maximum absolute atomic E-state index is 5.39. The second-order valence-electron chi connectivity index (χ2n) is 3.98. The minimum absolute atomic E-state index is 0.638. The van der Waals surface area contributed by atoms with E-state index in [4.69, 9.17) is 4.74 Å². The Morgan fingerprint density at radius 3 is 2.38 bits per heavy atom. The predicted molar refractivity (Wildman–Crippen MR) is 54.1 cm³/mol. The standard InChI is InChI=1S/C12H16O/c1-9-5-10(2)7-12(6-9)11-3-4-13-8-11/h5-7,11H,3-4,8H2,1-2H3. The van der Waals surface area contributed by atoms with E-state index >= 15 is 0 Å². The van der Waals surface area contributed by atoms with Crippen LogP contribution in [0.3, 0.4) is 0 Å². The molecule has 2 rings (SSSR count). The van der Waals surface area contributed by atoms with Gasteiger partial charge in [-0.15, -0.1) is 0 Å². The third-order valence-electron chi connectivity index (χ3n) is 2.65. The van der Waals surface area contributed by atoms with Gasteiger partial charge in [-0.05, 0) is 25.8 Å². The molecule has 0 bridgehead atoms. The van der Waals surface area contributed by atoms with Gasteiger partial charge in [-0.1, -0.05) is 29.3 Å². The largest absolute Gasteiger partial charge is 0.381 e. The highest BCUT2D eigenvalue weighted by molar-refractivity contribution is 5.31. The lowest BCUT2D eigenvalue weighted by atomic mass is 9.95. The van der Waals surface area contributed by atoms with Crippen molar-refractivity contribution >= 4 is 0 Å². The number of ether oxygens (including phenoxy) is 1. The number of benzene rings is 1. The first kappa shape index (κ1) is 8.76. The third-order valence-corrected chi connectivity index (χ3v) is 2.65. The molecule has 1 heteroatoms. The quantitative estimate of drug-likeness (QED) is 0.639. The molecule has 1 aliphatic rings. The molecule has 0 saturated carbocycles. The SMILES string of the molecule is Cc1cc(C)cc(C2CCOC2)c1. The second kappa shape index (κ2) is 3.51. The van der Waals surface area contributed by atoms with Gasteiger partial charge in [0.2, 0.25) is 0 Å². The Bertz CT molecular complexity index is 278. The van der Waals surface area contributed by atoms with Gasteiger partial charge in [0.15, 0.2) is 0 Å². The van der Waals surface area contributed by atoms with Gasteiger partial charge < -0.3 is 4.74 Å². The number of aryl methyl sites for hydroxylation is 2. The molecule has 0 amide bonds. The van der Waals surface area contributed by atoms with Crippen LogP contribution in [0.25, 0.3) is 0 Å². The summed E-state index contributed by atoms with van der Waals surface area (Å²) in [6.45, 7) is 6.15. The Labute approximate surface area is 79.7 Å². The molecule has 13 heavy (non-hydrogen) atoms. The molecule has 0 radical (unpaired) electrons. The molecule has 70 valence electrons. The maximum atomic E-state index is 5.39. The Hall–Kier alpha value is -0.820. The number of rotatable bonds is 1. The van der Waals surface area contributed by atoms with Gasteiger partial charge >= 0.3 is 0 Å². The molecule has 1 fully saturated rings. The summed E-state index contributed by atoms with van der Waals surface area (Å²) in [5, 5.41) is 0. The maximum Gasteiger partial charge on any atom is 0.0535 e. The van der Waals surface area contributed by atoms with E-state index in [1.807, 2.05) is 0 Å². The Morgan fingerprint density at radius 1 is 1.15 bits per heavy atom. The third kappa shape index (κ3) is 1.92. The zero-order valence-corrected chi connectivity index (χ0v) is 8.34. The molecular weight excluding hydrogens is 160 g/mol. The summed E-state index contributed by atoms with van der Waals surface area (Å²) < 4.78 is 5.39. The molecular formula is C12H16O. The van der Waals surface area contributed by atoms with E-state index in [-0.39, 0.29) is 0 Å². The molecule has 1 aromatic carbocycles. The number of hydrogen-bond donors (Lipinski definition) is 0. The minimum Gasteiger partial charge on any atom is -0.381 e. The zero-order valence-electron chi connectivity index (χ0n) is 8.34. The van der Waals surface area contributed by atoms with Gasteiger partial charge in [0, 0.05) is 12.5 Å². The van der Waals surface area contributed by atoms with Gasteiger partial charge in [-0.25, -0.2) is 0 Å². The monoisotopic (exact) mass is 176 g/mol. The van der Waals surface area contributed by atoms with Gasteiger partial charge in [0.1, 0.15) is 0 Å². The van der Waals surface area contributed by atoms with Crippen molar-refractivity contribution in [1.29, 1.82) is 0 Å². The summed E-state index contributed by atoms with van der Waals surface area (Å²) in [5.74, 6) is 0.638. The van der Waals surface area contributed by atoms with Gasteiger partial charge in [-0.2, -0.15) is 0 Å². The van der Waals surface area contributed by atoms with Crippen LogP contribution in [0, 0.1) is 13.8 Å². The summed E-state index contributed by atoms with van der Waals surface area (Å²) in [6, 6.07) is 6.79. The van der Waals surface area contributed by atoms with E-state index in [1.54, 1.807) is 0 Å². The first-order valence-corrected chi connectivity index (χ1v) is 4.91. The Morgan fingerprint density at radius 2 is 1.85 bits per heavy atom. The fraction of sp³-hybridized carbons (Fsp3) is 0.500. The van der Waals surface area contributed by atoms with Crippen molar-refractivity contribution < 1.29 is 4.74 Å². The zero-order chi connectivity index (χ0) is 9.26. The van der Waals surface area contributed by atoms with Crippen molar-refractivity contribution in [2.75, 3.05) is 13.2 Å². The van der Waals surface area contributed by atoms with Crippen LogP contribution in [-0.4, -0.2) is 13.2 Å². The van der Waals surface area contributed by atoms with Crippen molar-refractivity contribution in [3.63, 3.8) is 0 Å². The number of hydrogen-bond acceptors (Lipinski definition) is 1. The smallest absolute Gasteiger partial charge is 0.0535 e. The normalized spacial score (nSPS) is 22.2. The Balaban J connectivity index is 2.28.